The lowest BCUT2D eigenvalue weighted by Gasteiger charge is -2.08. The van der Waals surface area contributed by atoms with E-state index in [1.807, 2.05) is 6.07 Å². The van der Waals surface area contributed by atoms with Crippen LogP contribution in [0.25, 0.3) is 0 Å². The Morgan fingerprint density at radius 2 is 2.05 bits per heavy atom. The molecule has 102 valence electrons. The van der Waals surface area contributed by atoms with E-state index in [1.165, 1.54) is 0 Å². The van der Waals surface area contributed by atoms with Crippen LogP contribution in [-0.4, -0.2) is 35.7 Å². The Labute approximate surface area is 116 Å². The SMILES string of the molecule is CNC(=S)NCc1cccc(C(=O)NCC(=O)O)c1. The summed E-state index contributed by atoms with van der Waals surface area (Å²) < 4.78 is 0. The molecule has 1 rings (SSSR count). The number of thiocarbonyl (C=S) groups is 1. The predicted molar refractivity (Wildman–Crippen MR) is 74.9 cm³/mol. The Hall–Kier alpha value is -2.15. The van der Waals surface area contributed by atoms with Crippen LogP contribution in [0.1, 0.15) is 15.9 Å². The van der Waals surface area contributed by atoms with Crippen molar-refractivity contribution in [2.75, 3.05) is 13.6 Å². The Balaban J connectivity index is 2.63. The van der Waals surface area contributed by atoms with E-state index in [0.717, 1.165) is 5.56 Å². The number of carbonyl (C=O) groups excluding carboxylic acids is 1. The summed E-state index contributed by atoms with van der Waals surface area (Å²) in [6.07, 6.45) is 0. The van der Waals surface area contributed by atoms with Crippen LogP contribution in [-0.2, 0) is 11.3 Å². The molecule has 0 bridgehead atoms. The molecule has 0 atom stereocenters. The van der Waals surface area contributed by atoms with Crippen molar-refractivity contribution in [1.29, 1.82) is 0 Å². The molecule has 4 N–H and O–H groups in total. The third-order valence-corrected chi connectivity index (χ3v) is 2.62. The first-order valence-corrected chi connectivity index (χ1v) is 5.98. The fourth-order valence-electron chi connectivity index (χ4n) is 1.35. The smallest absolute Gasteiger partial charge is 0.322 e. The quantitative estimate of drug-likeness (QED) is 0.572. The highest BCUT2D eigenvalue weighted by Gasteiger charge is 2.07. The van der Waals surface area contributed by atoms with Gasteiger partial charge in [-0.25, -0.2) is 0 Å². The number of carboxylic acids is 1. The molecule has 0 spiro atoms. The van der Waals surface area contributed by atoms with Crippen LogP contribution in [0.15, 0.2) is 24.3 Å². The summed E-state index contributed by atoms with van der Waals surface area (Å²) in [5.41, 5.74) is 1.29. The monoisotopic (exact) mass is 281 g/mol. The third kappa shape index (κ3) is 5.35. The van der Waals surface area contributed by atoms with E-state index in [1.54, 1.807) is 25.2 Å². The lowest BCUT2D eigenvalue weighted by Crippen LogP contribution is -2.32. The summed E-state index contributed by atoms with van der Waals surface area (Å²) >= 11 is 4.94. The molecular weight excluding hydrogens is 266 g/mol. The Bertz CT molecular complexity index is 491. The highest BCUT2D eigenvalue weighted by molar-refractivity contribution is 7.80. The molecule has 0 heterocycles. The number of benzene rings is 1. The fourth-order valence-corrected chi connectivity index (χ4v) is 1.42. The van der Waals surface area contributed by atoms with Gasteiger partial charge in [0.1, 0.15) is 6.54 Å². The highest BCUT2D eigenvalue weighted by atomic mass is 32.1. The molecule has 7 heteroatoms. The maximum atomic E-state index is 11.7. The van der Waals surface area contributed by atoms with Gasteiger partial charge >= 0.3 is 5.97 Å². The average Bonchev–Trinajstić information content (AvgIpc) is 2.42. The van der Waals surface area contributed by atoms with Gasteiger partial charge in [0.25, 0.3) is 5.91 Å². The maximum absolute atomic E-state index is 11.7. The predicted octanol–water partition coefficient (Wildman–Crippen LogP) is 0.0949. The number of amides is 1. The van der Waals surface area contributed by atoms with Gasteiger partial charge < -0.3 is 21.1 Å². The second-order valence-corrected chi connectivity index (χ2v) is 4.12. The molecular formula is C12H15N3O3S. The van der Waals surface area contributed by atoms with E-state index in [4.69, 9.17) is 17.3 Å². The van der Waals surface area contributed by atoms with Crippen molar-refractivity contribution in [2.24, 2.45) is 0 Å². The zero-order chi connectivity index (χ0) is 14.3. The molecule has 1 aromatic rings. The number of carbonyl (C=O) groups is 2. The minimum Gasteiger partial charge on any atom is -0.480 e. The molecule has 1 amide bonds. The van der Waals surface area contributed by atoms with Gasteiger partial charge in [0.2, 0.25) is 0 Å². The molecule has 6 nitrogen and oxygen atoms in total. The minimum atomic E-state index is -1.08. The second kappa shape index (κ2) is 7.32. The van der Waals surface area contributed by atoms with Gasteiger partial charge in [-0.1, -0.05) is 12.1 Å². The number of hydrogen-bond acceptors (Lipinski definition) is 3. The van der Waals surface area contributed by atoms with Gasteiger partial charge in [0.05, 0.1) is 0 Å². The Morgan fingerprint density at radius 1 is 1.32 bits per heavy atom. The summed E-state index contributed by atoms with van der Waals surface area (Å²) in [6, 6.07) is 6.88. The standard InChI is InChI=1S/C12H15N3O3S/c1-13-12(19)15-6-8-3-2-4-9(5-8)11(18)14-7-10(16)17/h2-5H,6-7H2,1H3,(H,14,18)(H,16,17)(H2,13,15,19). The van der Waals surface area contributed by atoms with Crippen molar-refractivity contribution in [1.82, 2.24) is 16.0 Å². The van der Waals surface area contributed by atoms with Crippen LogP contribution in [0, 0.1) is 0 Å². The van der Waals surface area contributed by atoms with E-state index in [9.17, 15) is 9.59 Å². The van der Waals surface area contributed by atoms with Crippen molar-refractivity contribution < 1.29 is 14.7 Å². The van der Waals surface area contributed by atoms with E-state index in [0.29, 0.717) is 17.2 Å². The summed E-state index contributed by atoms with van der Waals surface area (Å²) in [7, 11) is 1.71. The van der Waals surface area contributed by atoms with Crippen molar-refractivity contribution in [3.05, 3.63) is 35.4 Å². The average molecular weight is 281 g/mol. The number of nitrogens with one attached hydrogen (secondary N) is 3. The summed E-state index contributed by atoms with van der Waals surface area (Å²) in [6.45, 7) is 0.0882. The molecule has 19 heavy (non-hydrogen) atoms. The topological polar surface area (TPSA) is 90.5 Å². The van der Waals surface area contributed by atoms with Gasteiger partial charge in [-0.15, -0.1) is 0 Å². The summed E-state index contributed by atoms with van der Waals surface area (Å²) in [5.74, 6) is -1.49. The normalized spacial score (nSPS) is 9.53. The van der Waals surface area contributed by atoms with Gasteiger partial charge in [-0.3, -0.25) is 9.59 Å². The first-order valence-electron chi connectivity index (χ1n) is 5.57. The van der Waals surface area contributed by atoms with Crippen LogP contribution >= 0.6 is 12.2 Å². The molecule has 0 aliphatic heterocycles. The van der Waals surface area contributed by atoms with E-state index >= 15 is 0 Å². The molecule has 0 fully saturated rings. The number of aliphatic carboxylic acids is 1. The summed E-state index contributed by atoms with van der Waals surface area (Å²) in [4.78, 5) is 22.0. The van der Waals surface area contributed by atoms with Crippen molar-refractivity contribution in [2.45, 2.75) is 6.54 Å². The molecule has 0 unspecified atom stereocenters. The lowest BCUT2D eigenvalue weighted by atomic mass is 10.1. The molecule has 0 saturated carbocycles. The molecule has 0 aliphatic carbocycles. The van der Waals surface area contributed by atoms with E-state index < -0.39 is 18.4 Å². The Morgan fingerprint density at radius 3 is 2.68 bits per heavy atom. The number of hydrogen-bond donors (Lipinski definition) is 4. The molecule has 0 aliphatic rings. The van der Waals surface area contributed by atoms with E-state index in [2.05, 4.69) is 16.0 Å². The fraction of sp³-hybridized carbons (Fsp3) is 0.250. The van der Waals surface area contributed by atoms with Crippen molar-refractivity contribution in [3.8, 4) is 0 Å². The largest absolute Gasteiger partial charge is 0.480 e. The van der Waals surface area contributed by atoms with Crippen molar-refractivity contribution >= 4 is 29.2 Å². The Kier molecular flexibility index (Phi) is 5.74. The van der Waals surface area contributed by atoms with Gasteiger partial charge in [0, 0.05) is 19.2 Å². The third-order valence-electron chi connectivity index (χ3n) is 2.27. The van der Waals surface area contributed by atoms with Crippen LogP contribution in [0.3, 0.4) is 0 Å². The number of rotatable bonds is 5. The maximum Gasteiger partial charge on any atom is 0.322 e. The zero-order valence-corrected chi connectivity index (χ0v) is 11.2. The van der Waals surface area contributed by atoms with Crippen LogP contribution < -0.4 is 16.0 Å². The van der Waals surface area contributed by atoms with Gasteiger partial charge in [-0.05, 0) is 29.9 Å². The molecule has 1 aromatic carbocycles. The van der Waals surface area contributed by atoms with Gasteiger partial charge in [0.15, 0.2) is 5.11 Å². The van der Waals surface area contributed by atoms with Crippen LogP contribution in [0.4, 0.5) is 0 Å². The summed E-state index contributed by atoms with van der Waals surface area (Å²) in [5, 5.41) is 17.1. The van der Waals surface area contributed by atoms with Crippen LogP contribution in [0.5, 0.6) is 0 Å². The molecule has 0 saturated heterocycles. The lowest BCUT2D eigenvalue weighted by molar-refractivity contribution is -0.135. The van der Waals surface area contributed by atoms with Gasteiger partial charge in [-0.2, -0.15) is 0 Å². The first-order chi connectivity index (χ1) is 9.02. The zero-order valence-electron chi connectivity index (χ0n) is 10.4. The molecule has 0 radical (unpaired) electrons. The first kappa shape index (κ1) is 14.9. The minimum absolute atomic E-state index is 0.398. The highest BCUT2D eigenvalue weighted by Crippen LogP contribution is 2.05. The van der Waals surface area contributed by atoms with Crippen molar-refractivity contribution in [3.63, 3.8) is 0 Å². The van der Waals surface area contributed by atoms with E-state index in [-0.39, 0.29) is 0 Å². The van der Waals surface area contributed by atoms with Crippen LogP contribution in [0.2, 0.25) is 0 Å². The molecule has 0 aromatic heterocycles. The second-order valence-electron chi connectivity index (χ2n) is 3.71. The number of carboxylic acid groups (broad SMARTS) is 1.